The number of imidazole rings is 1. The largest absolute Gasteiger partial charge is 0.472 e. The smallest absolute Gasteiger partial charge is 0.234 e. The van der Waals surface area contributed by atoms with Gasteiger partial charge in [0.1, 0.15) is 11.9 Å². The highest BCUT2D eigenvalue weighted by Gasteiger charge is 2.28. The lowest BCUT2D eigenvalue weighted by atomic mass is 10.1. The summed E-state index contributed by atoms with van der Waals surface area (Å²) >= 11 is 0. The van der Waals surface area contributed by atoms with Crippen LogP contribution in [0.4, 0.5) is 15.8 Å². The van der Waals surface area contributed by atoms with Crippen molar-refractivity contribution in [1.29, 1.82) is 0 Å². The van der Waals surface area contributed by atoms with E-state index in [0.717, 1.165) is 43.0 Å². The summed E-state index contributed by atoms with van der Waals surface area (Å²) in [6.45, 7) is 1.86. The van der Waals surface area contributed by atoms with Crippen LogP contribution in [0.5, 0.6) is 5.88 Å². The van der Waals surface area contributed by atoms with Crippen molar-refractivity contribution in [1.82, 2.24) is 19.9 Å². The number of nitrogens with one attached hydrogen (secondary N) is 2. The van der Waals surface area contributed by atoms with Crippen LogP contribution in [-0.4, -0.2) is 33.8 Å². The molecule has 2 N–H and O–H groups in total. The number of fused-ring (bicyclic) bond motifs is 1. The normalized spacial score (nSPS) is 20.0. The molecule has 3 heterocycles. The van der Waals surface area contributed by atoms with E-state index in [9.17, 15) is 4.39 Å². The van der Waals surface area contributed by atoms with E-state index >= 15 is 0 Å². The standard InChI is InChI=1S/C20H22FN5O/c21-14-3-1-4-15(9-14)24-17-10-19(27-16-5-2-8-22-11-16)25-26-18(13-6-7-13)12-23-20(17)26/h1,3-4,9-10,12-13,16,22,24H,2,5-8,11H2/t16-/m0/s1. The summed E-state index contributed by atoms with van der Waals surface area (Å²) in [5.41, 5.74) is 3.28. The van der Waals surface area contributed by atoms with Gasteiger partial charge in [-0.25, -0.2) is 13.9 Å². The monoisotopic (exact) mass is 367 g/mol. The third kappa shape index (κ3) is 3.47. The molecule has 1 saturated carbocycles. The Morgan fingerprint density at radius 1 is 1.22 bits per heavy atom. The fraction of sp³-hybridized carbons (Fsp3) is 0.400. The van der Waals surface area contributed by atoms with Crippen LogP contribution < -0.4 is 15.4 Å². The molecule has 2 fully saturated rings. The van der Waals surface area contributed by atoms with Crippen LogP contribution >= 0.6 is 0 Å². The van der Waals surface area contributed by atoms with Crippen LogP contribution in [0.3, 0.4) is 0 Å². The zero-order valence-corrected chi connectivity index (χ0v) is 15.0. The number of rotatable bonds is 5. The van der Waals surface area contributed by atoms with Gasteiger partial charge >= 0.3 is 0 Å². The second-order valence-corrected chi connectivity index (χ2v) is 7.31. The number of nitrogens with zero attached hydrogens (tertiary/aromatic N) is 3. The Morgan fingerprint density at radius 3 is 2.93 bits per heavy atom. The van der Waals surface area contributed by atoms with Crippen molar-refractivity contribution in [2.24, 2.45) is 0 Å². The lowest BCUT2D eigenvalue weighted by Gasteiger charge is -2.23. The van der Waals surface area contributed by atoms with Crippen LogP contribution in [0.1, 0.15) is 37.3 Å². The molecular formula is C20H22FN5O. The molecule has 0 amide bonds. The maximum absolute atomic E-state index is 13.6. The maximum atomic E-state index is 13.6. The van der Waals surface area contributed by atoms with Gasteiger partial charge in [-0.3, -0.25) is 0 Å². The molecule has 2 aromatic heterocycles. The van der Waals surface area contributed by atoms with Crippen molar-refractivity contribution in [3.63, 3.8) is 0 Å². The van der Waals surface area contributed by atoms with Crippen molar-refractivity contribution in [2.45, 2.75) is 37.7 Å². The molecule has 1 aromatic carbocycles. The molecule has 0 spiro atoms. The zero-order valence-electron chi connectivity index (χ0n) is 15.0. The third-order valence-electron chi connectivity index (χ3n) is 5.11. The van der Waals surface area contributed by atoms with E-state index < -0.39 is 0 Å². The molecule has 3 aromatic rings. The molecule has 1 atom stereocenters. The number of benzene rings is 1. The van der Waals surface area contributed by atoms with Gasteiger partial charge in [0.15, 0.2) is 5.65 Å². The summed E-state index contributed by atoms with van der Waals surface area (Å²) in [7, 11) is 0. The maximum Gasteiger partial charge on any atom is 0.234 e. The molecule has 1 aliphatic heterocycles. The van der Waals surface area contributed by atoms with E-state index in [1.807, 2.05) is 22.8 Å². The highest BCUT2D eigenvalue weighted by Crippen LogP contribution is 2.41. The summed E-state index contributed by atoms with van der Waals surface area (Å²) in [6.07, 6.45) is 6.44. The Hall–Kier alpha value is -2.67. The first-order chi connectivity index (χ1) is 13.3. The summed E-state index contributed by atoms with van der Waals surface area (Å²) in [6, 6.07) is 8.27. The fourth-order valence-electron chi connectivity index (χ4n) is 3.58. The highest BCUT2D eigenvalue weighted by molar-refractivity contribution is 5.74. The highest BCUT2D eigenvalue weighted by atomic mass is 19.1. The van der Waals surface area contributed by atoms with Crippen molar-refractivity contribution in [3.05, 3.63) is 48.0 Å². The van der Waals surface area contributed by atoms with Crippen LogP contribution in [0, 0.1) is 5.82 Å². The predicted octanol–water partition coefficient (Wildman–Crippen LogP) is 3.62. The molecule has 0 unspecified atom stereocenters. The van der Waals surface area contributed by atoms with Gasteiger partial charge in [-0.2, -0.15) is 0 Å². The van der Waals surface area contributed by atoms with Gasteiger partial charge in [-0.05, 0) is 50.4 Å². The van der Waals surface area contributed by atoms with Crippen LogP contribution in [0.2, 0.25) is 0 Å². The summed E-state index contributed by atoms with van der Waals surface area (Å²) in [5.74, 6) is 0.799. The molecule has 140 valence electrons. The van der Waals surface area contributed by atoms with Crippen molar-refractivity contribution in [3.8, 4) is 5.88 Å². The molecular weight excluding hydrogens is 345 g/mol. The Kier molecular flexibility index (Phi) is 4.16. The van der Waals surface area contributed by atoms with Gasteiger partial charge in [0, 0.05) is 24.2 Å². The van der Waals surface area contributed by atoms with Crippen molar-refractivity contribution in [2.75, 3.05) is 18.4 Å². The second-order valence-electron chi connectivity index (χ2n) is 7.31. The third-order valence-corrected chi connectivity index (χ3v) is 5.11. The van der Waals surface area contributed by atoms with Crippen LogP contribution in [0.15, 0.2) is 36.5 Å². The quantitative estimate of drug-likeness (QED) is 0.721. The average Bonchev–Trinajstić information content (AvgIpc) is 3.42. The lowest BCUT2D eigenvalue weighted by molar-refractivity contribution is 0.158. The Balaban J connectivity index is 1.53. The van der Waals surface area contributed by atoms with E-state index in [-0.39, 0.29) is 11.9 Å². The molecule has 1 saturated heterocycles. The van der Waals surface area contributed by atoms with Crippen LogP contribution in [-0.2, 0) is 0 Å². The minimum absolute atomic E-state index is 0.110. The van der Waals surface area contributed by atoms with E-state index in [4.69, 9.17) is 9.84 Å². The van der Waals surface area contributed by atoms with Gasteiger partial charge < -0.3 is 15.4 Å². The number of piperidine rings is 1. The molecule has 1 aliphatic carbocycles. The number of anilines is 2. The SMILES string of the molecule is Fc1cccc(Nc2cc(O[C@H]3CCCNC3)nn3c(C4CC4)cnc23)c1. The average molecular weight is 367 g/mol. The zero-order chi connectivity index (χ0) is 18.2. The van der Waals surface area contributed by atoms with Gasteiger partial charge in [0.25, 0.3) is 0 Å². The first-order valence-corrected chi connectivity index (χ1v) is 9.55. The topological polar surface area (TPSA) is 63.5 Å². The van der Waals surface area contributed by atoms with Crippen LogP contribution in [0.25, 0.3) is 5.65 Å². The molecule has 27 heavy (non-hydrogen) atoms. The Labute approximate surface area is 156 Å². The minimum atomic E-state index is -0.281. The number of hydrogen-bond acceptors (Lipinski definition) is 5. The van der Waals surface area contributed by atoms with Gasteiger partial charge in [0.05, 0.1) is 17.6 Å². The van der Waals surface area contributed by atoms with E-state index in [1.165, 1.54) is 25.0 Å². The van der Waals surface area contributed by atoms with Gasteiger partial charge in [0.2, 0.25) is 5.88 Å². The van der Waals surface area contributed by atoms with Crippen molar-refractivity contribution >= 4 is 17.0 Å². The molecule has 0 bridgehead atoms. The predicted molar refractivity (Wildman–Crippen MR) is 101 cm³/mol. The summed E-state index contributed by atoms with van der Waals surface area (Å²) in [4.78, 5) is 4.56. The van der Waals surface area contributed by atoms with Gasteiger partial charge in [-0.1, -0.05) is 6.07 Å². The fourth-order valence-corrected chi connectivity index (χ4v) is 3.58. The number of aromatic nitrogens is 3. The summed E-state index contributed by atoms with van der Waals surface area (Å²) in [5, 5.41) is 11.3. The Morgan fingerprint density at radius 2 is 2.15 bits per heavy atom. The summed E-state index contributed by atoms with van der Waals surface area (Å²) < 4.78 is 21.6. The first-order valence-electron chi connectivity index (χ1n) is 9.55. The van der Waals surface area contributed by atoms with E-state index in [2.05, 4.69) is 15.6 Å². The first kappa shape index (κ1) is 16.5. The number of halogens is 1. The molecule has 5 rings (SSSR count). The second kappa shape index (κ2) is 6.81. The van der Waals surface area contributed by atoms with Crippen molar-refractivity contribution < 1.29 is 9.13 Å². The van der Waals surface area contributed by atoms with E-state index in [1.54, 1.807) is 6.07 Å². The molecule has 6 nitrogen and oxygen atoms in total. The number of ether oxygens (including phenoxy) is 1. The number of hydrogen-bond donors (Lipinski definition) is 2. The molecule has 7 heteroatoms. The molecule has 0 radical (unpaired) electrons. The Bertz CT molecular complexity index is 962. The van der Waals surface area contributed by atoms with Gasteiger partial charge in [-0.15, -0.1) is 5.10 Å². The minimum Gasteiger partial charge on any atom is -0.472 e. The van der Waals surface area contributed by atoms with E-state index in [0.29, 0.717) is 17.5 Å². The molecule has 2 aliphatic rings. The lowest BCUT2D eigenvalue weighted by Crippen LogP contribution is -2.37.